The molecule has 0 saturated heterocycles. The summed E-state index contributed by atoms with van der Waals surface area (Å²) in [6.07, 6.45) is 11.6. The van der Waals surface area contributed by atoms with Crippen molar-refractivity contribution in [2.45, 2.75) is 90.6 Å². The Morgan fingerprint density at radius 2 is 1.40 bits per heavy atom. The maximum Gasteiger partial charge on any atom is 0.514 e. The number of para-hydroxylation sites is 1. The Bertz CT molecular complexity index is 711. The summed E-state index contributed by atoms with van der Waals surface area (Å²) in [4.78, 5) is 12.6. The molecule has 0 saturated carbocycles. The third-order valence-electron chi connectivity index (χ3n) is 5.45. The van der Waals surface area contributed by atoms with Gasteiger partial charge in [-0.05, 0) is 42.9 Å². The zero-order chi connectivity index (χ0) is 21.4. The van der Waals surface area contributed by atoms with Gasteiger partial charge in [0.25, 0.3) is 0 Å². The van der Waals surface area contributed by atoms with Crippen molar-refractivity contribution in [1.82, 2.24) is 0 Å². The van der Waals surface area contributed by atoms with Crippen LogP contribution in [0.4, 0.5) is 4.79 Å². The minimum atomic E-state index is -0.613. The maximum atomic E-state index is 12.6. The van der Waals surface area contributed by atoms with Crippen LogP contribution in [0.25, 0.3) is 0 Å². The first-order valence-electron chi connectivity index (χ1n) is 11.8. The number of ether oxygens (including phenoxy) is 2. The fourth-order valence-electron chi connectivity index (χ4n) is 3.68. The van der Waals surface area contributed by atoms with Gasteiger partial charge in [0.15, 0.2) is 0 Å². The average Bonchev–Trinajstić information content (AvgIpc) is 2.77. The fraction of sp³-hybridized carbons (Fsp3) is 0.519. The highest BCUT2D eigenvalue weighted by atomic mass is 16.7. The van der Waals surface area contributed by atoms with Gasteiger partial charge < -0.3 is 9.47 Å². The van der Waals surface area contributed by atoms with Crippen LogP contribution in [0.2, 0.25) is 0 Å². The number of aryl methyl sites for hydroxylation is 1. The Kier molecular flexibility index (Phi) is 11.7. The first-order valence-corrected chi connectivity index (χ1v) is 11.8. The first kappa shape index (κ1) is 24.0. The monoisotopic (exact) mass is 410 g/mol. The number of unbranched alkanes of at least 4 members (excludes halogenated alkanes) is 7. The van der Waals surface area contributed by atoms with E-state index in [4.69, 9.17) is 9.47 Å². The second kappa shape index (κ2) is 14.7. The van der Waals surface area contributed by atoms with E-state index in [2.05, 4.69) is 13.8 Å². The predicted octanol–water partition coefficient (Wildman–Crippen LogP) is 8.43. The molecule has 0 aliphatic heterocycles. The fourth-order valence-corrected chi connectivity index (χ4v) is 3.68. The van der Waals surface area contributed by atoms with E-state index in [0.29, 0.717) is 5.75 Å². The maximum absolute atomic E-state index is 12.6. The van der Waals surface area contributed by atoms with E-state index in [1.165, 1.54) is 44.9 Å². The van der Waals surface area contributed by atoms with Crippen LogP contribution < -0.4 is 4.74 Å². The van der Waals surface area contributed by atoms with Crippen molar-refractivity contribution in [2.24, 2.45) is 0 Å². The van der Waals surface area contributed by atoms with E-state index < -0.39 is 6.16 Å². The van der Waals surface area contributed by atoms with Crippen molar-refractivity contribution in [3.63, 3.8) is 0 Å². The molecule has 0 bridgehead atoms. The molecule has 1 unspecified atom stereocenters. The van der Waals surface area contributed by atoms with Gasteiger partial charge in [0.2, 0.25) is 0 Å². The largest absolute Gasteiger partial charge is 0.514 e. The molecular formula is C27H38O3. The lowest BCUT2D eigenvalue weighted by atomic mass is 10.0. The van der Waals surface area contributed by atoms with Crippen LogP contribution in [0.15, 0.2) is 54.6 Å². The molecule has 3 nitrogen and oxygen atoms in total. The number of rotatable bonds is 14. The average molecular weight is 411 g/mol. The van der Waals surface area contributed by atoms with Crippen molar-refractivity contribution in [1.29, 1.82) is 0 Å². The van der Waals surface area contributed by atoms with E-state index >= 15 is 0 Å². The molecule has 0 N–H and O–H groups in total. The van der Waals surface area contributed by atoms with Gasteiger partial charge in [-0.2, -0.15) is 0 Å². The van der Waals surface area contributed by atoms with E-state index in [0.717, 1.165) is 36.8 Å². The van der Waals surface area contributed by atoms with E-state index in [-0.39, 0.29) is 6.10 Å². The van der Waals surface area contributed by atoms with Gasteiger partial charge in [-0.25, -0.2) is 4.79 Å². The van der Waals surface area contributed by atoms with Gasteiger partial charge in [-0.3, -0.25) is 0 Å². The predicted molar refractivity (Wildman–Crippen MR) is 124 cm³/mol. The Morgan fingerprint density at radius 1 is 0.767 bits per heavy atom. The molecule has 0 heterocycles. The molecule has 0 amide bonds. The molecule has 0 fully saturated rings. The normalized spacial score (nSPS) is 11.8. The summed E-state index contributed by atoms with van der Waals surface area (Å²) in [6, 6.07) is 17.8. The number of hydrogen-bond donors (Lipinski definition) is 0. The second-order valence-electron chi connectivity index (χ2n) is 7.99. The summed E-state index contributed by atoms with van der Waals surface area (Å²) < 4.78 is 11.4. The minimum Gasteiger partial charge on any atom is -0.426 e. The molecule has 164 valence electrons. The number of carbonyl (C=O) groups excluding carboxylic acids is 1. The molecular weight excluding hydrogens is 372 g/mol. The van der Waals surface area contributed by atoms with Gasteiger partial charge in [0, 0.05) is 0 Å². The lowest BCUT2D eigenvalue weighted by Gasteiger charge is -2.19. The Hall–Kier alpha value is -2.29. The van der Waals surface area contributed by atoms with Crippen LogP contribution >= 0.6 is 0 Å². The molecule has 0 radical (unpaired) electrons. The highest BCUT2D eigenvalue weighted by molar-refractivity contribution is 5.65. The van der Waals surface area contributed by atoms with Crippen LogP contribution in [0.1, 0.15) is 95.3 Å². The molecule has 2 rings (SSSR count). The second-order valence-corrected chi connectivity index (χ2v) is 7.99. The van der Waals surface area contributed by atoms with Crippen molar-refractivity contribution < 1.29 is 14.3 Å². The van der Waals surface area contributed by atoms with Crippen LogP contribution in [0.5, 0.6) is 5.75 Å². The van der Waals surface area contributed by atoms with Crippen LogP contribution in [-0.4, -0.2) is 6.16 Å². The lowest BCUT2D eigenvalue weighted by molar-refractivity contribution is 0.0525. The summed E-state index contributed by atoms with van der Waals surface area (Å²) in [5, 5.41) is 0. The lowest BCUT2D eigenvalue weighted by Crippen LogP contribution is -2.16. The summed E-state index contributed by atoms with van der Waals surface area (Å²) in [7, 11) is 0. The molecule has 1 atom stereocenters. The summed E-state index contributed by atoms with van der Waals surface area (Å²) in [5.74, 6) is 0.616. The smallest absolute Gasteiger partial charge is 0.426 e. The Morgan fingerprint density at radius 3 is 2.17 bits per heavy atom. The Balaban J connectivity index is 1.94. The zero-order valence-corrected chi connectivity index (χ0v) is 18.8. The van der Waals surface area contributed by atoms with Crippen molar-refractivity contribution in [3.8, 4) is 5.75 Å². The first-order chi connectivity index (χ1) is 14.7. The number of benzene rings is 2. The topological polar surface area (TPSA) is 35.5 Å². The van der Waals surface area contributed by atoms with E-state index in [1.807, 2.05) is 54.6 Å². The summed E-state index contributed by atoms with van der Waals surface area (Å²) >= 11 is 0. The zero-order valence-electron chi connectivity index (χ0n) is 18.8. The molecule has 3 heteroatoms. The van der Waals surface area contributed by atoms with E-state index in [9.17, 15) is 4.79 Å². The molecule has 0 aliphatic carbocycles. The SMILES string of the molecule is CCCCCCCCC(OC(=O)Oc1ccccc1CCCCC)c1ccccc1. The minimum absolute atomic E-state index is 0.267. The van der Waals surface area contributed by atoms with Gasteiger partial charge in [-0.1, -0.05) is 107 Å². The Labute approximate surface area is 182 Å². The highest BCUT2D eigenvalue weighted by Gasteiger charge is 2.19. The highest BCUT2D eigenvalue weighted by Crippen LogP contribution is 2.27. The standard InChI is InChI=1S/C27H38O3/c1-3-5-7-8-9-14-21-25(24-18-12-10-13-19-24)29-27(28)30-26-22-16-15-20-23(26)17-11-6-4-2/h10,12-13,15-16,18-20,22,25H,3-9,11,14,17,21H2,1-2H3. The van der Waals surface area contributed by atoms with Gasteiger partial charge >= 0.3 is 6.16 Å². The van der Waals surface area contributed by atoms with Crippen molar-refractivity contribution >= 4 is 6.16 Å². The molecule has 30 heavy (non-hydrogen) atoms. The third kappa shape index (κ3) is 9.02. The van der Waals surface area contributed by atoms with Crippen LogP contribution in [0.3, 0.4) is 0 Å². The van der Waals surface area contributed by atoms with E-state index in [1.54, 1.807) is 0 Å². The van der Waals surface area contributed by atoms with Gasteiger partial charge in [-0.15, -0.1) is 0 Å². The van der Waals surface area contributed by atoms with Crippen LogP contribution in [0, 0.1) is 0 Å². The van der Waals surface area contributed by atoms with Gasteiger partial charge in [0.1, 0.15) is 11.9 Å². The van der Waals surface area contributed by atoms with Crippen molar-refractivity contribution in [2.75, 3.05) is 0 Å². The molecule has 2 aromatic rings. The summed E-state index contributed by atoms with van der Waals surface area (Å²) in [6.45, 7) is 4.42. The molecule has 0 aliphatic rings. The molecule has 0 aromatic heterocycles. The number of hydrogen-bond acceptors (Lipinski definition) is 3. The molecule has 0 spiro atoms. The quantitative estimate of drug-likeness (QED) is 0.178. The third-order valence-corrected chi connectivity index (χ3v) is 5.45. The van der Waals surface area contributed by atoms with Crippen LogP contribution in [-0.2, 0) is 11.2 Å². The molecule has 2 aromatic carbocycles. The van der Waals surface area contributed by atoms with Gasteiger partial charge in [0.05, 0.1) is 0 Å². The number of carbonyl (C=O) groups is 1. The summed E-state index contributed by atoms with van der Waals surface area (Å²) in [5.41, 5.74) is 2.09. The van der Waals surface area contributed by atoms with Crippen molar-refractivity contribution in [3.05, 3.63) is 65.7 Å².